The molecule has 1 aromatic rings. The molecule has 0 aromatic heterocycles. The number of benzene rings is 1. The molecule has 0 amide bonds. The van der Waals surface area contributed by atoms with Gasteiger partial charge < -0.3 is 14.8 Å². The summed E-state index contributed by atoms with van der Waals surface area (Å²) in [6, 6.07) is 3.79. The Morgan fingerprint density at radius 2 is 1.80 bits per heavy atom. The van der Waals surface area contributed by atoms with Gasteiger partial charge in [-0.05, 0) is 23.0 Å². The molecule has 1 aromatic carbocycles. The molecular weight excluding hydrogens is 258 g/mol. The molecule has 0 unspecified atom stereocenters. The summed E-state index contributed by atoms with van der Waals surface area (Å²) in [5, 5.41) is 19.2. The maximum absolute atomic E-state index is 12.2. The zero-order valence-electron chi connectivity index (χ0n) is 12.7. The Hall–Kier alpha value is -1.07. The summed E-state index contributed by atoms with van der Waals surface area (Å²) in [5.74, 6) is 0.948. The largest absolute Gasteiger partial charge is 0.494 e. The maximum Gasteiger partial charge on any atom is 0.492 e. The monoisotopic (exact) mass is 282 g/mol. The Morgan fingerprint density at radius 1 is 1.15 bits per heavy atom. The molecule has 112 valence electrons. The minimum atomic E-state index is -1.59. The van der Waals surface area contributed by atoms with Gasteiger partial charge in [0.25, 0.3) is 0 Å². The molecule has 0 saturated heterocycles. The first-order valence-electron chi connectivity index (χ1n) is 7.11. The molecule has 20 heavy (non-hydrogen) atoms. The summed E-state index contributed by atoms with van der Waals surface area (Å²) < 4.78 is 17.8. The van der Waals surface area contributed by atoms with Crippen LogP contribution in [0.25, 0.3) is 0 Å². The SMILES string of the molecule is CC(C)c1cc(B(O)O)c(OCCCF)c(C(C)C)c1. The van der Waals surface area contributed by atoms with E-state index in [-0.39, 0.29) is 18.4 Å². The van der Waals surface area contributed by atoms with E-state index >= 15 is 0 Å². The van der Waals surface area contributed by atoms with Gasteiger partial charge in [-0.25, -0.2) is 0 Å². The number of halogens is 1. The van der Waals surface area contributed by atoms with Gasteiger partial charge >= 0.3 is 7.12 Å². The van der Waals surface area contributed by atoms with Crippen LogP contribution in [0.1, 0.15) is 57.1 Å². The summed E-state index contributed by atoms with van der Waals surface area (Å²) >= 11 is 0. The summed E-state index contributed by atoms with van der Waals surface area (Å²) in [7, 11) is -1.59. The third kappa shape index (κ3) is 4.22. The molecule has 0 heterocycles. The van der Waals surface area contributed by atoms with Crippen molar-refractivity contribution < 1.29 is 19.2 Å². The van der Waals surface area contributed by atoms with Crippen LogP contribution in [-0.4, -0.2) is 30.4 Å². The second-order valence-corrected chi connectivity index (χ2v) is 5.60. The van der Waals surface area contributed by atoms with E-state index in [9.17, 15) is 14.4 Å². The van der Waals surface area contributed by atoms with E-state index in [1.54, 1.807) is 6.07 Å². The smallest absolute Gasteiger partial charge is 0.492 e. The van der Waals surface area contributed by atoms with Crippen LogP contribution in [0.5, 0.6) is 5.75 Å². The van der Waals surface area contributed by atoms with Gasteiger partial charge in [-0.15, -0.1) is 0 Å². The van der Waals surface area contributed by atoms with E-state index in [4.69, 9.17) is 4.74 Å². The van der Waals surface area contributed by atoms with E-state index in [1.807, 2.05) is 19.9 Å². The van der Waals surface area contributed by atoms with E-state index in [0.29, 0.717) is 17.6 Å². The van der Waals surface area contributed by atoms with Gasteiger partial charge in [-0.2, -0.15) is 0 Å². The lowest BCUT2D eigenvalue weighted by atomic mass is 9.75. The Morgan fingerprint density at radius 3 is 2.25 bits per heavy atom. The van der Waals surface area contributed by atoms with Crippen LogP contribution in [0.2, 0.25) is 0 Å². The average molecular weight is 282 g/mol. The van der Waals surface area contributed by atoms with E-state index < -0.39 is 13.8 Å². The molecule has 5 heteroatoms. The molecule has 0 aliphatic carbocycles. The van der Waals surface area contributed by atoms with Gasteiger partial charge in [0, 0.05) is 11.9 Å². The minimum absolute atomic E-state index is 0.187. The molecule has 3 nitrogen and oxygen atoms in total. The number of hydrogen-bond donors (Lipinski definition) is 2. The van der Waals surface area contributed by atoms with Gasteiger partial charge in [0.15, 0.2) is 0 Å². The van der Waals surface area contributed by atoms with Crippen LogP contribution in [0.3, 0.4) is 0 Å². The van der Waals surface area contributed by atoms with Crippen LogP contribution in [0.15, 0.2) is 12.1 Å². The molecule has 0 aliphatic rings. The minimum Gasteiger partial charge on any atom is -0.494 e. The van der Waals surface area contributed by atoms with Gasteiger partial charge in [-0.1, -0.05) is 39.8 Å². The summed E-state index contributed by atoms with van der Waals surface area (Å²) in [5.41, 5.74) is 2.33. The predicted molar refractivity (Wildman–Crippen MR) is 80.5 cm³/mol. The third-order valence-electron chi connectivity index (χ3n) is 3.26. The molecule has 0 saturated carbocycles. The maximum atomic E-state index is 12.2. The lowest BCUT2D eigenvalue weighted by molar-refractivity contribution is 0.287. The van der Waals surface area contributed by atoms with Crippen molar-refractivity contribution in [2.75, 3.05) is 13.3 Å². The quantitative estimate of drug-likeness (QED) is 0.596. The van der Waals surface area contributed by atoms with Gasteiger partial charge in [0.2, 0.25) is 0 Å². The highest BCUT2D eigenvalue weighted by atomic mass is 19.1. The first kappa shape index (κ1) is 17.0. The van der Waals surface area contributed by atoms with Gasteiger partial charge in [0.05, 0.1) is 13.3 Å². The van der Waals surface area contributed by atoms with Crippen molar-refractivity contribution in [3.63, 3.8) is 0 Å². The molecule has 0 bridgehead atoms. The lowest BCUT2D eigenvalue weighted by Gasteiger charge is -2.20. The van der Waals surface area contributed by atoms with Crippen molar-refractivity contribution in [2.24, 2.45) is 0 Å². The van der Waals surface area contributed by atoms with Crippen LogP contribution < -0.4 is 10.2 Å². The Kier molecular flexibility index (Phi) is 6.50. The van der Waals surface area contributed by atoms with Gasteiger partial charge in [-0.3, -0.25) is 4.39 Å². The second-order valence-electron chi connectivity index (χ2n) is 5.60. The number of rotatable bonds is 7. The molecule has 1 rings (SSSR count). The number of ether oxygens (including phenoxy) is 1. The zero-order valence-corrected chi connectivity index (χ0v) is 12.7. The Balaban J connectivity index is 3.27. The van der Waals surface area contributed by atoms with Crippen molar-refractivity contribution in [1.29, 1.82) is 0 Å². The van der Waals surface area contributed by atoms with Crippen LogP contribution in [0.4, 0.5) is 4.39 Å². The molecule has 0 atom stereocenters. The van der Waals surface area contributed by atoms with Crippen molar-refractivity contribution in [1.82, 2.24) is 0 Å². The zero-order chi connectivity index (χ0) is 15.3. The average Bonchev–Trinajstić information content (AvgIpc) is 2.37. The molecule has 0 spiro atoms. The van der Waals surface area contributed by atoms with Crippen molar-refractivity contribution in [3.05, 3.63) is 23.3 Å². The number of hydrogen-bond acceptors (Lipinski definition) is 3. The number of alkyl halides is 1. The highest BCUT2D eigenvalue weighted by molar-refractivity contribution is 6.59. The highest BCUT2D eigenvalue weighted by Crippen LogP contribution is 2.29. The molecule has 0 fully saturated rings. The van der Waals surface area contributed by atoms with Crippen molar-refractivity contribution in [2.45, 2.75) is 46.0 Å². The highest BCUT2D eigenvalue weighted by Gasteiger charge is 2.23. The lowest BCUT2D eigenvalue weighted by Crippen LogP contribution is -2.33. The summed E-state index contributed by atoms with van der Waals surface area (Å²) in [4.78, 5) is 0. The Labute approximate surface area is 120 Å². The predicted octanol–water partition coefficient (Wildman–Crippen LogP) is 2.35. The molecular formula is C15H24BFO3. The van der Waals surface area contributed by atoms with E-state index in [1.165, 1.54) is 0 Å². The van der Waals surface area contributed by atoms with Gasteiger partial charge in [0.1, 0.15) is 5.75 Å². The summed E-state index contributed by atoms with van der Waals surface area (Å²) in [6.45, 7) is 7.94. The van der Waals surface area contributed by atoms with Crippen LogP contribution >= 0.6 is 0 Å². The first-order valence-corrected chi connectivity index (χ1v) is 7.11. The fourth-order valence-corrected chi connectivity index (χ4v) is 2.05. The first-order chi connectivity index (χ1) is 9.38. The van der Waals surface area contributed by atoms with Crippen LogP contribution in [-0.2, 0) is 0 Å². The topological polar surface area (TPSA) is 49.7 Å². The normalized spacial score (nSPS) is 11.2. The Bertz CT molecular complexity index is 404. The molecule has 0 aliphatic heterocycles. The van der Waals surface area contributed by atoms with E-state index in [0.717, 1.165) is 11.1 Å². The molecule has 2 N–H and O–H groups in total. The third-order valence-corrected chi connectivity index (χ3v) is 3.26. The fourth-order valence-electron chi connectivity index (χ4n) is 2.05. The van der Waals surface area contributed by atoms with Crippen molar-refractivity contribution in [3.8, 4) is 5.75 Å². The molecule has 0 radical (unpaired) electrons. The van der Waals surface area contributed by atoms with Crippen molar-refractivity contribution >= 4 is 12.6 Å². The standard InChI is InChI=1S/C15H24BFO3/c1-10(2)12-8-13(11(3)4)15(20-7-5-6-17)14(9-12)16(18)19/h8-11,18-19H,5-7H2,1-4H3. The second kappa shape index (κ2) is 7.65. The summed E-state index contributed by atoms with van der Waals surface area (Å²) in [6.07, 6.45) is 0.296. The van der Waals surface area contributed by atoms with E-state index in [2.05, 4.69) is 13.8 Å². The van der Waals surface area contributed by atoms with Crippen LogP contribution in [0, 0.1) is 0 Å². The fraction of sp³-hybridized carbons (Fsp3) is 0.600.